The van der Waals surface area contributed by atoms with E-state index in [2.05, 4.69) is 0 Å². The van der Waals surface area contributed by atoms with Crippen molar-refractivity contribution in [3.05, 3.63) is 69.5 Å². The molecule has 0 unspecified atom stereocenters. The number of esters is 1. The lowest BCUT2D eigenvalue weighted by atomic mass is 10.1. The van der Waals surface area contributed by atoms with Gasteiger partial charge in [0.2, 0.25) is 5.60 Å². The Bertz CT molecular complexity index is 1020. The predicted molar refractivity (Wildman–Crippen MR) is 99.0 cm³/mol. The second-order valence-corrected chi connectivity index (χ2v) is 6.80. The molecule has 0 spiro atoms. The van der Waals surface area contributed by atoms with Crippen molar-refractivity contribution in [2.75, 3.05) is 0 Å². The molecule has 2 aromatic carbocycles. The summed E-state index contributed by atoms with van der Waals surface area (Å²) in [7, 11) is 0. The van der Waals surface area contributed by atoms with E-state index in [1.54, 1.807) is 50.2 Å². The zero-order chi connectivity index (χ0) is 18.9. The van der Waals surface area contributed by atoms with E-state index in [0.717, 1.165) is 10.9 Å². The van der Waals surface area contributed by atoms with Crippen LogP contribution in [0.4, 0.5) is 0 Å². The molecule has 0 saturated carbocycles. The van der Waals surface area contributed by atoms with Gasteiger partial charge in [0.05, 0.1) is 0 Å². The van der Waals surface area contributed by atoms with Crippen molar-refractivity contribution in [3.8, 4) is 11.5 Å². The van der Waals surface area contributed by atoms with Gasteiger partial charge in [-0.3, -0.25) is 0 Å². The van der Waals surface area contributed by atoms with E-state index in [0.29, 0.717) is 16.4 Å². The van der Waals surface area contributed by atoms with E-state index >= 15 is 0 Å². The lowest BCUT2D eigenvalue weighted by molar-refractivity contribution is -0.149. The highest BCUT2D eigenvalue weighted by Crippen LogP contribution is 2.25. The van der Waals surface area contributed by atoms with Crippen LogP contribution in [-0.4, -0.2) is 11.6 Å². The fourth-order valence-corrected chi connectivity index (χ4v) is 2.56. The first-order chi connectivity index (χ1) is 12.2. The Morgan fingerprint density at radius 1 is 1.04 bits per heavy atom. The molecule has 0 amide bonds. The van der Waals surface area contributed by atoms with Crippen LogP contribution in [-0.2, 0) is 4.79 Å². The predicted octanol–water partition coefficient (Wildman–Crippen LogP) is 4.52. The van der Waals surface area contributed by atoms with Crippen LogP contribution in [0.3, 0.4) is 0 Å². The summed E-state index contributed by atoms with van der Waals surface area (Å²) in [5.74, 6) is 0.183. The molecule has 0 aliphatic heterocycles. The van der Waals surface area contributed by atoms with Gasteiger partial charge in [0.1, 0.15) is 17.1 Å². The van der Waals surface area contributed by atoms with Crippen LogP contribution in [0.25, 0.3) is 11.0 Å². The van der Waals surface area contributed by atoms with Gasteiger partial charge in [0.15, 0.2) is 0 Å². The summed E-state index contributed by atoms with van der Waals surface area (Å²) >= 11 is 5.84. The molecule has 26 heavy (non-hydrogen) atoms. The number of benzene rings is 2. The van der Waals surface area contributed by atoms with Crippen LogP contribution in [0, 0.1) is 6.92 Å². The molecule has 0 atom stereocenters. The first kappa shape index (κ1) is 18.0. The lowest BCUT2D eigenvalue weighted by Crippen LogP contribution is -2.41. The van der Waals surface area contributed by atoms with Crippen LogP contribution in [0.15, 0.2) is 57.7 Å². The monoisotopic (exact) mass is 372 g/mol. The topological polar surface area (TPSA) is 65.7 Å². The van der Waals surface area contributed by atoms with Crippen molar-refractivity contribution in [2.24, 2.45) is 0 Å². The standard InChI is InChI=1S/C20H17ClO5/c1-12-10-18(22)25-17-11-15(8-9-16(12)17)24-19(23)20(2,3)26-14-6-4-13(21)5-7-14/h4-11H,1-3H3. The normalized spacial score (nSPS) is 11.4. The van der Waals surface area contributed by atoms with Gasteiger partial charge in [0, 0.05) is 22.5 Å². The number of fused-ring (bicyclic) bond motifs is 1. The summed E-state index contributed by atoms with van der Waals surface area (Å²) in [4.78, 5) is 24.0. The van der Waals surface area contributed by atoms with Crippen LogP contribution >= 0.6 is 11.6 Å². The highest BCUT2D eigenvalue weighted by atomic mass is 35.5. The summed E-state index contributed by atoms with van der Waals surface area (Å²) in [5, 5.41) is 1.35. The maximum absolute atomic E-state index is 12.5. The molecule has 0 bridgehead atoms. The van der Waals surface area contributed by atoms with E-state index in [4.69, 9.17) is 25.5 Å². The minimum absolute atomic E-state index is 0.268. The maximum Gasteiger partial charge on any atom is 0.355 e. The number of carbonyl (C=O) groups is 1. The van der Waals surface area contributed by atoms with Gasteiger partial charge < -0.3 is 13.9 Å². The zero-order valence-corrected chi connectivity index (χ0v) is 15.3. The minimum Gasteiger partial charge on any atom is -0.476 e. The summed E-state index contributed by atoms with van der Waals surface area (Å²) in [6.07, 6.45) is 0. The van der Waals surface area contributed by atoms with E-state index in [9.17, 15) is 9.59 Å². The number of hydrogen-bond donors (Lipinski definition) is 0. The van der Waals surface area contributed by atoms with E-state index in [1.165, 1.54) is 12.1 Å². The van der Waals surface area contributed by atoms with Crippen molar-refractivity contribution in [1.82, 2.24) is 0 Å². The third-order valence-electron chi connectivity index (χ3n) is 3.81. The number of carbonyl (C=O) groups excluding carboxylic acids is 1. The number of ether oxygens (including phenoxy) is 2. The second kappa shape index (κ2) is 6.84. The van der Waals surface area contributed by atoms with Gasteiger partial charge in [-0.1, -0.05) is 11.6 Å². The lowest BCUT2D eigenvalue weighted by Gasteiger charge is -2.24. The van der Waals surface area contributed by atoms with Gasteiger partial charge in [-0.15, -0.1) is 0 Å². The van der Waals surface area contributed by atoms with Crippen molar-refractivity contribution in [1.29, 1.82) is 0 Å². The molecule has 0 N–H and O–H groups in total. The van der Waals surface area contributed by atoms with Crippen molar-refractivity contribution in [3.63, 3.8) is 0 Å². The van der Waals surface area contributed by atoms with Crippen LogP contribution in [0.5, 0.6) is 11.5 Å². The third-order valence-corrected chi connectivity index (χ3v) is 4.06. The molecule has 0 saturated heterocycles. The summed E-state index contributed by atoms with van der Waals surface area (Å²) in [6, 6.07) is 13.0. The maximum atomic E-state index is 12.5. The van der Waals surface area contributed by atoms with Gasteiger partial charge in [-0.25, -0.2) is 9.59 Å². The average Bonchev–Trinajstić information content (AvgIpc) is 2.56. The molecule has 134 valence electrons. The molecule has 0 radical (unpaired) electrons. The number of halogens is 1. The fourth-order valence-electron chi connectivity index (χ4n) is 2.44. The summed E-state index contributed by atoms with van der Waals surface area (Å²) in [5.41, 5.74) is -0.530. The molecule has 6 heteroatoms. The molecule has 1 heterocycles. The molecular formula is C20H17ClO5. The smallest absolute Gasteiger partial charge is 0.355 e. The number of aryl methyl sites for hydroxylation is 1. The highest BCUT2D eigenvalue weighted by molar-refractivity contribution is 6.30. The van der Waals surface area contributed by atoms with Gasteiger partial charge in [0.25, 0.3) is 0 Å². The Morgan fingerprint density at radius 2 is 1.69 bits per heavy atom. The Kier molecular flexibility index (Phi) is 4.74. The largest absolute Gasteiger partial charge is 0.476 e. The fraction of sp³-hybridized carbons (Fsp3) is 0.200. The Hall–Kier alpha value is -2.79. The van der Waals surface area contributed by atoms with Crippen LogP contribution in [0.2, 0.25) is 5.02 Å². The Labute approximate surface area is 155 Å². The Balaban J connectivity index is 1.80. The zero-order valence-electron chi connectivity index (χ0n) is 14.5. The van der Waals surface area contributed by atoms with Crippen LogP contribution < -0.4 is 15.1 Å². The summed E-state index contributed by atoms with van der Waals surface area (Å²) in [6.45, 7) is 5.03. The molecule has 3 rings (SSSR count). The molecule has 3 aromatic rings. The van der Waals surface area contributed by atoms with E-state index in [1.807, 2.05) is 6.92 Å². The van der Waals surface area contributed by atoms with Gasteiger partial charge in [-0.2, -0.15) is 0 Å². The van der Waals surface area contributed by atoms with Crippen molar-refractivity contribution < 1.29 is 18.7 Å². The second-order valence-electron chi connectivity index (χ2n) is 6.36. The molecule has 5 nitrogen and oxygen atoms in total. The first-order valence-corrected chi connectivity index (χ1v) is 8.34. The quantitative estimate of drug-likeness (QED) is 0.383. The molecule has 0 aliphatic carbocycles. The van der Waals surface area contributed by atoms with Gasteiger partial charge >= 0.3 is 11.6 Å². The summed E-state index contributed by atoms with van der Waals surface area (Å²) < 4.78 is 16.3. The molecule has 0 aliphatic rings. The van der Waals surface area contributed by atoms with Gasteiger partial charge in [-0.05, 0) is 62.7 Å². The first-order valence-electron chi connectivity index (χ1n) is 7.96. The van der Waals surface area contributed by atoms with E-state index < -0.39 is 17.2 Å². The SMILES string of the molecule is Cc1cc(=O)oc2cc(OC(=O)C(C)(C)Oc3ccc(Cl)cc3)ccc12. The minimum atomic E-state index is -1.23. The number of hydrogen-bond acceptors (Lipinski definition) is 5. The molecular weight excluding hydrogens is 356 g/mol. The van der Waals surface area contributed by atoms with E-state index in [-0.39, 0.29) is 5.75 Å². The Morgan fingerprint density at radius 3 is 2.38 bits per heavy atom. The van der Waals surface area contributed by atoms with Crippen molar-refractivity contribution in [2.45, 2.75) is 26.4 Å². The average molecular weight is 373 g/mol. The molecule has 0 fully saturated rings. The highest BCUT2D eigenvalue weighted by Gasteiger charge is 2.32. The third kappa shape index (κ3) is 3.89. The van der Waals surface area contributed by atoms with Crippen LogP contribution in [0.1, 0.15) is 19.4 Å². The number of rotatable bonds is 4. The van der Waals surface area contributed by atoms with Crippen molar-refractivity contribution >= 4 is 28.5 Å². The molecule has 1 aromatic heterocycles.